The Morgan fingerprint density at radius 1 is 1.62 bits per heavy atom. The van der Waals surface area contributed by atoms with E-state index in [2.05, 4.69) is 17.2 Å². The number of allylic oxidation sites excluding steroid dienone is 1. The average molecular weight is 222 g/mol. The standard InChI is InChI=1S/C13H22N2O/c1-5-12-7-13(16)11(8-14-12)6-10(4)15-9(2)3/h6,9,12,14H,5,7-8H2,1-4H3/b11-6+,15-10?. The van der Waals surface area contributed by atoms with Gasteiger partial charge in [0.2, 0.25) is 0 Å². The third-order valence-electron chi connectivity index (χ3n) is 2.71. The molecule has 0 spiro atoms. The molecule has 1 saturated heterocycles. The second-order valence-electron chi connectivity index (χ2n) is 4.65. The summed E-state index contributed by atoms with van der Waals surface area (Å²) in [5.74, 6) is 0.268. The number of hydrogen-bond donors (Lipinski definition) is 1. The van der Waals surface area contributed by atoms with E-state index in [1.165, 1.54) is 0 Å². The minimum absolute atomic E-state index is 0.268. The molecule has 1 fully saturated rings. The monoisotopic (exact) mass is 222 g/mol. The number of carbonyl (C=O) groups excluding carboxylic acids is 1. The highest BCUT2D eigenvalue weighted by Crippen LogP contribution is 2.12. The molecular formula is C13H22N2O. The zero-order valence-electron chi connectivity index (χ0n) is 10.7. The molecule has 0 bridgehead atoms. The Hall–Kier alpha value is -0.960. The van der Waals surface area contributed by atoms with Crippen LogP contribution in [0, 0.1) is 0 Å². The Kier molecular flexibility index (Phi) is 4.87. The molecule has 1 rings (SSSR count). The molecule has 0 aromatic heterocycles. The lowest BCUT2D eigenvalue weighted by Crippen LogP contribution is -2.39. The number of hydrogen-bond acceptors (Lipinski definition) is 3. The van der Waals surface area contributed by atoms with Crippen LogP contribution in [0.25, 0.3) is 0 Å². The van der Waals surface area contributed by atoms with Crippen molar-refractivity contribution in [3.63, 3.8) is 0 Å². The highest BCUT2D eigenvalue weighted by Gasteiger charge is 2.21. The minimum Gasteiger partial charge on any atom is -0.309 e. The number of nitrogens with zero attached hydrogens (tertiary/aromatic N) is 1. The van der Waals surface area contributed by atoms with Crippen molar-refractivity contribution in [1.29, 1.82) is 0 Å². The molecule has 0 radical (unpaired) electrons. The maximum atomic E-state index is 11.8. The molecule has 0 amide bonds. The summed E-state index contributed by atoms with van der Waals surface area (Å²) in [5, 5.41) is 3.36. The predicted octanol–water partition coefficient (Wildman–Crippen LogP) is 2.12. The first-order chi connectivity index (χ1) is 7.52. The van der Waals surface area contributed by atoms with E-state index in [0.717, 1.165) is 17.7 Å². The second kappa shape index (κ2) is 5.94. The molecule has 1 aliphatic rings. The van der Waals surface area contributed by atoms with Gasteiger partial charge in [-0.1, -0.05) is 6.92 Å². The van der Waals surface area contributed by atoms with Crippen molar-refractivity contribution in [2.24, 2.45) is 4.99 Å². The van der Waals surface area contributed by atoms with Crippen molar-refractivity contribution in [1.82, 2.24) is 5.32 Å². The molecule has 1 heterocycles. The van der Waals surface area contributed by atoms with E-state index < -0.39 is 0 Å². The summed E-state index contributed by atoms with van der Waals surface area (Å²) in [7, 11) is 0. The van der Waals surface area contributed by atoms with Crippen LogP contribution in [0.3, 0.4) is 0 Å². The van der Waals surface area contributed by atoms with Crippen molar-refractivity contribution < 1.29 is 4.79 Å². The van der Waals surface area contributed by atoms with Crippen LogP contribution in [-0.2, 0) is 4.79 Å². The van der Waals surface area contributed by atoms with Crippen LogP contribution in [0.5, 0.6) is 0 Å². The third-order valence-corrected chi connectivity index (χ3v) is 2.71. The van der Waals surface area contributed by atoms with E-state index in [4.69, 9.17) is 0 Å². The van der Waals surface area contributed by atoms with Crippen LogP contribution in [0.15, 0.2) is 16.6 Å². The van der Waals surface area contributed by atoms with Gasteiger partial charge in [0, 0.05) is 36.3 Å². The average Bonchev–Trinajstić information content (AvgIpc) is 2.19. The van der Waals surface area contributed by atoms with Gasteiger partial charge < -0.3 is 5.32 Å². The molecule has 1 N–H and O–H groups in total. The van der Waals surface area contributed by atoms with Crippen molar-refractivity contribution in [3.8, 4) is 0 Å². The molecule has 0 aromatic carbocycles. The van der Waals surface area contributed by atoms with Crippen molar-refractivity contribution in [2.75, 3.05) is 6.54 Å². The molecule has 16 heavy (non-hydrogen) atoms. The van der Waals surface area contributed by atoms with E-state index >= 15 is 0 Å². The number of nitrogens with one attached hydrogen (secondary N) is 1. The van der Waals surface area contributed by atoms with Crippen molar-refractivity contribution in [3.05, 3.63) is 11.6 Å². The van der Waals surface area contributed by atoms with Crippen LogP contribution >= 0.6 is 0 Å². The predicted molar refractivity (Wildman–Crippen MR) is 68.0 cm³/mol. The van der Waals surface area contributed by atoms with Gasteiger partial charge in [-0.05, 0) is 33.3 Å². The number of piperidine rings is 1. The quantitative estimate of drug-likeness (QED) is 0.587. The van der Waals surface area contributed by atoms with Gasteiger partial charge in [-0.25, -0.2) is 0 Å². The highest BCUT2D eigenvalue weighted by molar-refractivity contribution is 6.04. The molecule has 0 aromatic rings. The Bertz CT molecular complexity index is 316. The maximum Gasteiger partial charge on any atom is 0.161 e. The smallest absolute Gasteiger partial charge is 0.161 e. The number of Topliss-reactive ketones (excluding diaryl/α,β-unsaturated/α-hetero) is 1. The van der Waals surface area contributed by atoms with E-state index in [0.29, 0.717) is 19.0 Å². The molecule has 0 aliphatic carbocycles. The van der Waals surface area contributed by atoms with Crippen molar-refractivity contribution in [2.45, 2.75) is 52.6 Å². The van der Waals surface area contributed by atoms with Crippen LogP contribution < -0.4 is 5.32 Å². The molecule has 1 atom stereocenters. The van der Waals surface area contributed by atoms with Gasteiger partial charge in [0.1, 0.15) is 0 Å². The Morgan fingerprint density at radius 3 is 2.81 bits per heavy atom. The van der Waals surface area contributed by atoms with Crippen LogP contribution in [0.1, 0.15) is 40.5 Å². The minimum atomic E-state index is 0.268. The summed E-state index contributed by atoms with van der Waals surface area (Å²) in [4.78, 5) is 16.2. The maximum absolute atomic E-state index is 11.8. The van der Waals surface area contributed by atoms with Gasteiger partial charge in [-0.15, -0.1) is 0 Å². The SMILES string of the molecule is CCC1CC(=O)/C(=C/C(C)=NC(C)C)CN1. The van der Waals surface area contributed by atoms with Gasteiger partial charge in [0.25, 0.3) is 0 Å². The topological polar surface area (TPSA) is 41.5 Å². The van der Waals surface area contributed by atoms with Gasteiger partial charge in [-0.2, -0.15) is 0 Å². The summed E-state index contributed by atoms with van der Waals surface area (Å²) in [6, 6.07) is 0.638. The Labute approximate surface area is 98.0 Å². The largest absolute Gasteiger partial charge is 0.309 e. The molecule has 3 nitrogen and oxygen atoms in total. The van der Waals surface area contributed by atoms with E-state index in [1.54, 1.807) is 0 Å². The normalized spacial score (nSPS) is 25.6. The molecule has 0 saturated carbocycles. The first kappa shape index (κ1) is 13.1. The van der Waals surface area contributed by atoms with Gasteiger partial charge in [-0.3, -0.25) is 9.79 Å². The Balaban J connectivity index is 2.68. The number of aliphatic imine (C=N–C) groups is 1. The van der Waals surface area contributed by atoms with Crippen LogP contribution in [-0.4, -0.2) is 30.1 Å². The van der Waals surface area contributed by atoms with Crippen LogP contribution in [0.4, 0.5) is 0 Å². The lowest BCUT2D eigenvalue weighted by Gasteiger charge is -2.23. The fourth-order valence-corrected chi connectivity index (χ4v) is 1.90. The summed E-state index contributed by atoms with van der Waals surface area (Å²) in [5.41, 5.74) is 1.81. The summed E-state index contributed by atoms with van der Waals surface area (Å²) < 4.78 is 0. The highest BCUT2D eigenvalue weighted by atomic mass is 16.1. The molecule has 90 valence electrons. The molecular weight excluding hydrogens is 200 g/mol. The molecule has 1 aliphatic heterocycles. The van der Waals surface area contributed by atoms with Gasteiger partial charge >= 0.3 is 0 Å². The molecule has 3 heteroatoms. The first-order valence-electron chi connectivity index (χ1n) is 6.04. The Morgan fingerprint density at radius 2 is 2.31 bits per heavy atom. The summed E-state index contributed by atoms with van der Waals surface area (Å²) in [6.45, 7) is 8.81. The van der Waals surface area contributed by atoms with E-state index in [-0.39, 0.29) is 11.8 Å². The fraction of sp³-hybridized carbons (Fsp3) is 0.692. The van der Waals surface area contributed by atoms with E-state index in [1.807, 2.05) is 26.8 Å². The first-order valence-corrected chi connectivity index (χ1v) is 6.04. The number of carbonyl (C=O) groups is 1. The van der Waals surface area contributed by atoms with Gasteiger partial charge in [0.15, 0.2) is 5.78 Å². The van der Waals surface area contributed by atoms with Crippen molar-refractivity contribution >= 4 is 11.5 Å². The second-order valence-corrected chi connectivity index (χ2v) is 4.65. The fourth-order valence-electron chi connectivity index (χ4n) is 1.90. The zero-order chi connectivity index (χ0) is 12.1. The lowest BCUT2D eigenvalue weighted by atomic mass is 9.96. The molecule has 1 unspecified atom stereocenters. The summed E-state index contributed by atoms with van der Waals surface area (Å²) >= 11 is 0. The third kappa shape index (κ3) is 3.89. The van der Waals surface area contributed by atoms with Gasteiger partial charge in [0.05, 0.1) is 0 Å². The van der Waals surface area contributed by atoms with Crippen LogP contribution in [0.2, 0.25) is 0 Å². The summed E-state index contributed by atoms with van der Waals surface area (Å²) in [6.07, 6.45) is 3.55. The lowest BCUT2D eigenvalue weighted by molar-refractivity contribution is -0.116. The zero-order valence-corrected chi connectivity index (χ0v) is 10.7. The number of rotatable bonds is 3. The number of ketones is 1. The van der Waals surface area contributed by atoms with E-state index in [9.17, 15) is 4.79 Å².